The maximum absolute atomic E-state index is 10.7. The molecular formula is C28H55N2O4-. The van der Waals surface area contributed by atoms with E-state index in [0.717, 1.165) is 30.1 Å². The Morgan fingerprint density at radius 3 is 1.03 bits per heavy atom. The number of allylic oxidation sites excluding steroid dienone is 5. The van der Waals surface area contributed by atoms with Gasteiger partial charge in [-0.25, -0.2) is 4.79 Å². The second kappa shape index (κ2) is 44.2. The molecule has 0 N–H and O–H groups in total. The summed E-state index contributed by atoms with van der Waals surface area (Å²) in [6, 6.07) is 0. The molecule has 0 aromatic rings. The standard InChI is InChI=1S/C7H12O2.C6H10O.C6H12.C4H6.C2H6N2.C2H6.CH3O/c1-5(2)6(3)7(8)9-4;1-5(2)6(3)4-7;1-5(2)6(3)4;2*1-3-4-2;2*1-2/h1-4H3;4H,1-3H3;1-4H3;2*1-2H3;1-2H3;1H3/q;;;;;;-1. The van der Waals surface area contributed by atoms with Gasteiger partial charge in [0.25, 0.3) is 0 Å². The van der Waals surface area contributed by atoms with Crippen LogP contribution in [0.15, 0.2) is 43.7 Å². The Kier molecular flexibility index (Phi) is 63.4. The minimum atomic E-state index is -0.241. The van der Waals surface area contributed by atoms with Crippen LogP contribution >= 0.6 is 0 Å². The lowest BCUT2D eigenvalue weighted by molar-refractivity contribution is -0.325. The number of rotatable bonds is 2. The molecule has 0 saturated heterocycles. The number of carbonyl (C=O) groups is 2. The van der Waals surface area contributed by atoms with E-state index in [1.54, 1.807) is 21.0 Å². The zero-order valence-corrected chi connectivity index (χ0v) is 25.6. The Hall–Kier alpha value is -2.52. The number of azo groups is 1. The van der Waals surface area contributed by atoms with Crippen LogP contribution in [0.2, 0.25) is 0 Å². The summed E-state index contributed by atoms with van der Waals surface area (Å²) in [4.78, 5) is 20.6. The monoisotopic (exact) mass is 483 g/mol. The normalized spacial score (nSPS) is 7.15. The molecule has 0 rings (SSSR count). The summed E-state index contributed by atoms with van der Waals surface area (Å²) in [6.07, 6.45) is 0.870. The van der Waals surface area contributed by atoms with E-state index in [2.05, 4.69) is 54.5 Å². The predicted octanol–water partition coefficient (Wildman–Crippen LogP) is 7.15. The molecule has 0 radical (unpaired) electrons. The Morgan fingerprint density at radius 1 is 0.706 bits per heavy atom. The van der Waals surface area contributed by atoms with Crippen LogP contribution in [0.3, 0.4) is 0 Å². The number of ether oxygens (including phenoxy) is 1. The average molecular weight is 484 g/mol. The first kappa shape index (κ1) is 48.8. The number of methoxy groups -OCH3 is 1. The minimum Gasteiger partial charge on any atom is -0.857 e. The zero-order valence-electron chi connectivity index (χ0n) is 25.6. The lowest BCUT2D eigenvalue weighted by Crippen LogP contribution is -2.02. The molecule has 0 fully saturated rings. The molecule has 6 nitrogen and oxygen atoms in total. The molecule has 0 heterocycles. The minimum absolute atomic E-state index is 0.241. The van der Waals surface area contributed by atoms with E-state index in [0.29, 0.717) is 5.57 Å². The summed E-state index contributed by atoms with van der Waals surface area (Å²) in [5, 5.41) is 15.0. The van der Waals surface area contributed by atoms with E-state index in [1.807, 2.05) is 62.3 Å². The number of esters is 1. The summed E-state index contributed by atoms with van der Waals surface area (Å²) in [5.74, 6) is 5.12. The van der Waals surface area contributed by atoms with Gasteiger partial charge in [-0.15, -0.1) is 11.8 Å². The number of aldehydes is 1. The van der Waals surface area contributed by atoms with E-state index < -0.39 is 0 Å². The van der Waals surface area contributed by atoms with Crippen molar-refractivity contribution >= 4 is 12.3 Å². The van der Waals surface area contributed by atoms with Crippen LogP contribution in [0, 0.1) is 11.8 Å². The van der Waals surface area contributed by atoms with Crippen LogP contribution in [0.25, 0.3) is 0 Å². The number of carbonyl (C=O) groups excluding carboxylic acids is 2. The fourth-order valence-electron chi connectivity index (χ4n) is 0.475. The zero-order chi connectivity index (χ0) is 29.3. The van der Waals surface area contributed by atoms with Crippen molar-refractivity contribution in [3.8, 4) is 11.8 Å². The van der Waals surface area contributed by atoms with Crippen LogP contribution in [0.5, 0.6) is 0 Å². The molecule has 0 aromatic carbocycles. The Bertz CT molecular complexity index is 609. The molecule has 0 aliphatic rings. The first-order chi connectivity index (χ1) is 15.7. The van der Waals surface area contributed by atoms with Gasteiger partial charge in [0.2, 0.25) is 0 Å². The van der Waals surface area contributed by atoms with Gasteiger partial charge in [-0.1, -0.05) is 36.1 Å². The first-order valence-corrected chi connectivity index (χ1v) is 11.1. The highest BCUT2D eigenvalue weighted by Crippen LogP contribution is 2.02. The SMILES string of the molecule is CC.CC#CC.CC(C)=C(C)C.CC(C)=C(C)C=O.CN=NC.COC(=O)C(C)=C(C)C.C[O-]. The van der Waals surface area contributed by atoms with Crippen molar-refractivity contribution in [3.63, 3.8) is 0 Å². The first-order valence-electron chi connectivity index (χ1n) is 11.1. The van der Waals surface area contributed by atoms with Gasteiger partial charge in [0.1, 0.15) is 6.29 Å². The van der Waals surface area contributed by atoms with Gasteiger partial charge in [0.05, 0.1) is 7.11 Å². The van der Waals surface area contributed by atoms with E-state index in [4.69, 9.17) is 5.11 Å². The van der Waals surface area contributed by atoms with Crippen molar-refractivity contribution < 1.29 is 19.4 Å². The second-order valence-electron chi connectivity index (χ2n) is 6.82. The van der Waals surface area contributed by atoms with Crippen molar-refractivity contribution in [2.24, 2.45) is 10.2 Å². The van der Waals surface area contributed by atoms with Gasteiger partial charge >= 0.3 is 5.97 Å². The summed E-state index contributed by atoms with van der Waals surface area (Å²) in [5.41, 5.74) is 6.47. The Balaban J connectivity index is -0.0000000531. The smallest absolute Gasteiger partial charge is 0.333 e. The fraction of sp³-hybridized carbons (Fsp3) is 0.643. The van der Waals surface area contributed by atoms with E-state index in [-0.39, 0.29) is 5.97 Å². The molecule has 202 valence electrons. The lowest BCUT2D eigenvalue weighted by atomic mass is 10.2. The molecule has 0 atom stereocenters. The third-order valence-corrected chi connectivity index (χ3v) is 3.66. The maximum atomic E-state index is 10.7. The molecule has 0 unspecified atom stereocenters. The summed E-state index contributed by atoms with van der Waals surface area (Å²) < 4.78 is 4.48. The second-order valence-corrected chi connectivity index (χ2v) is 6.82. The van der Waals surface area contributed by atoms with Gasteiger partial charge < -0.3 is 9.84 Å². The van der Waals surface area contributed by atoms with Crippen LogP contribution in [-0.2, 0) is 14.3 Å². The molecule has 34 heavy (non-hydrogen) atoms. The molecule has 0 spiro atoms. The summed E-state index contributed by atoms with van der Waals surface area (Å²) in [6.45, 7) is 27.3. The van der Waals surface area contributed by atoms with Crippen LogP contribution in [0.4, 0.5) is 0 Å². The fourth-order valence-corrected chi connectivity index (χ4v) is 0.475. The molecule has 0 bridgehead atoms. The largest absolute Gasteiger partial charge is 0.857 e. The molecular weight excluding hydrogens is 428 g/mol. The Labute approximate surface area is 212 Å². The van der Waals surface area contributed by atoms with E-state index >= 15 is 0 Å². The van der Waals surface area contributed by atoms with Crippen molar-refractivity contribution in [1.82, 2.24) is 0 Å². The molecule has 0 aromatic heterocycles. The van der Waals surface area contributed by atoms with Gasteiger partial charge in [0, 0.05) is 19.7 Å². The highest BCUT2D eigenvalue weighted by atomic mass is 16.5. The highest BCUT2D eigenvalue weighted by molar-refractivity contribution is 5.88. The predicted molar refractivity (Wildman–Crippen MR) is 149 cm³/mol. The van der Waals surface area contributed by atoms with Gasteiger partial charge in [0.15, 0.2) is 0 Å². The van der Waals surface area contributed by atoms with Gasteiger partial charge in [-0.2, -0.15) is 17.3 Å². The highest BCUT2D eigenvalue weighted by Gasteiger charge is 2.02. The van der Waals surface area contributed by atoms with Crippen molar-refractivity contribution in [3.05, 3.63) is 33.4 Å². The van der Waals surface area contributed by atoms with Crippen molar-refractivity contribution in [1.29, 1.82) is 0 Å². The lowest BCUT2D eigenvalue weighted by Gasteiger charge is -1.98. The molecule has 0 amide bonds. The van der Waals surface area contributed by atoms with Crippen LogP contribution in [-0.4, -0.2) is 40.6 Å². The quantitative estimate of drug-likeness (QED) is 0.104. The van der Waals surface area contributed by atoms with Crippen LogP contribution in [0.1, 0.15) is 96.9 Å². The van der Waals surface area contributed by atoms with Crippen LogP contribution < -0.4 is 5.11 Å². The van der Waals surface area contributed by atoms with Gasteiger partial charge in [-0.3, -0.25) is 4.79 Å². The topological polar surface area (TPSA) is 91.2 Å². The summed E-state index contributed by atoms with van der Waals surface area (Å²) >= 11 is 0. The third-order valence-electron chi connectivity index (χ3n) is 3.66. The maximum Gasteiger partial charge on any atom is 0.333 e. The van der Waals surface area contributed by atoms with Gasteiger partial charge in [-0.05, 0) is 88.7 Å². The van der Waals surface area contributed by atoms with E-state index in [1.165, 1.54) is 18.3 Å². The number of hydrogen-bond donors (Lipinski definition) is 0. The number of hydrogen-bond acceptors (Lipinski definition) is 6. The third kappa shape index (κ3) is 63.0. The average Bonchev–Trinajstić information content (AvgIpc) is 2.85. The van der Waals surface area contributed by atoms with Crippen molar-refractivity contribution in [2.75, 3.05) is 28.3 Å². The number of nitrogens with zero attached hydrogens (tertiary/aromatic N) is 2. The molecule has 0 saturated carbocycles. The molecule has 0 aliphatic heterocycles. The molecule has 0 aliphatic carbocycles. The Morgan fingerprint density at radius 2 is 1.00 bits per heavy atom. The molecule has 6 heteroatoms. The van der Waals surface area contributed by atoms with Crippen molar-refractivity contribution in [2.45, 2.75) is 96.9 Å². The van der Waals surface area contributed by atoms with E-state index in [9.17, 15) is 9.59 Å². The summed E-state index contributed by atoms with van der Waals surface area (Å²) in [7, 11) is 5.41.